The fourth-order valence-corrected chi connectivity index (χ4v) is 4.44. The van der Waals surface area contributed by atoms with Crippen molar-refractivity contribution in [3.8, 4) is 0 Å². The minimum atomic E-state index is -3.75. The first-order valence-corrected chi connectivity index (χ1v) is 8.46. The molecule has 0 amide bonds. The maximum absolute atomic E-state index is 12.5. The predicted octanol–water partition coefficient (Wildman–Crippen LogP) is 0.956. The number of methoxy groups -OCH3 is 1. The van der Waals surface area contributed by atoms with Crippen LogP contribution in [0.3, 0.4) is 0 Å². The summed E-state index contributed by atoms with van der Waals surface area (Å²) in [6.07, 6.45) is 0.587. The Balaban J connectivity index is 3.08. The van der Waals surface area contributed by atoms with Gasteiger partial charge in [-0.3, -0.25) is 4.79 Å². The number of thiocarbonyl (C=S) groups is 1. The highest BCUT2D eigenvalue weighted by molar-refractivity contribution is 7.91. The van der Waals surface area contributed by atoms with Gasteiger partial charge in [0.2, 0.25) is 0 Å². The number of ether oxygens (including phenoxy) is 1. The van der Waals surface area contributed by atoms with Gasteiger partial charge in [0.05, 0.1) is 12.0 Å². The predicted molar refractivity (Wildman–Crippen MR) is 81.3 cm³/mol. The highest BCUT2D eigenvalue weighted by Gasteiger charge is 2.28. The van der Waals surface area contributed by atoms with Gasteiger partial charge in [-0.15, -0.1) is 11.3 Å². The molecule has 0 atom stereocenters. The number of nitrogens with two attached hydrogens (primary N) is 1. The quantitative estimate of drug-likeness (QED) is 0.589. The highest BCUT2D eigenvalue weighted by Crippen LogP contribution is 2.25. The number of thiophene rings is 1. The van der Waals surface area contributed by atoms with E-state index in [-0.39, 0.29) is 22.3 Å². The molecule has 0 aliphatic heterocycles. The van der Waals surface area contributed by atoms with Crippen molar-refractivity contribution in [3.63, 3.8) is 0 Å². The smallest absolute Gasteiger partial charge is 0.321 e. The summed E-state index contributed by atoms with van der Waals surface area (Å²) in [5, 5.41) is 0. The van der Waals surface area contributed by atoms with Crippen molar-refractivity contribution in [3.05, 3.63) is 17.0 Å². The van der Waals surface area contributed by atoms with Crippen molar-refractivity contribution in [2.75, 3.05) is 20.2 Å². The van der Waals surface area contributed by atoms with Gasteiger partial charge in [-0.25, -0.2) is 8.42 Å². The Morgan fingerprint density at radius 2 is 2.15 bits per heavy atom. The van der Waals surface area contributed by atoms with Gasteiger partial charge in [0, 0.05) is 6.54 Å². The molecule has 1 aromatic heterocycles. The molecule has 0 aliphatic carbocycles. The fraction of sp³-hybridized carbons (Fsp3) is 0.455. The van der Waals surface area contributed by atoms with E-state index in [1.165, 1.54) is 13.2 Å². The van der Waals surface area contributed by atoms with Crippen LogP contribution in [0, 0.1) is 0 Å². The molecule has 0 radical (unpaired) electrons. The molecule has 2 N–H and O–H groups in total. The third-order valence-electron chi connectivity index (χ3n) is 2.42. The molecular weight excluding hydrogens is 320 g/mol. The second kappa shape index (κ2) is 7.11. The van der Waals surface area contributed by atoms with Crippen LogP contribution in [0.5, 0.6) is 0 Å². The second-order valence-corrected chi connectivity index (χ2v) is 7.59. The van der Waals surface area contributed by atoms with Gasteiger partial charge in [0.15, 0.2) is 0 Å². The van der Waals surface area contributed by atoms with Crippen LogP contribution >= 0.6 is 23.6 Å². The number of sulfonamides is 1. The first-order valence-electron chi connectivity index (χ1n) is 5.79. The van der Waals surface area contributed by atoms with Crippen molar-refractivity contribution < 1.29 is 17.9 Å². The van der Waals surface area contributed by atoms with Gasteiger partial charge < -0.3 is 10.5 Å². The molecule has 9 heteroatoms. The van der Waals surface area contributed by atoms with Crippen LogP contribution in [0.2, 0.25) is 0 Å². The first-order chi connectivity index (χ1) is 9.32. The normalized spacial score (nSPS) is 11.6. The molecule has 0 fully saturated rings. The average molecular weight is 336 g/mol. The minimum Gasteiger partial charge on any atom is -0.468 e. The van der Waals surface area contributed by atoms with Crippen LogP contribution in [0.4, 0.5) is 0 Å². The van der Waals surface area contributed by atoms with Gasteiger partial charge in [-0.1, -0.05) is 19.1 Å². The summed E-state index contributed by atoms with van der Waals surface area (Å²) in [5.41, 5.74) is 5.47. The maximum Gasteiger partial charge on any atom is 0.321 e. The van der Waals surface area contributed by atoms with Crippen molar-refractivity contribution in [2.24, 2.45) is 5.73 Å². The molecule has 1 rings (SSSR count). The average Bonchev–Trinajstić information content (AvgIpc) is 2.88. The number of carbonyl (C=O) groups excluding carboxylic acids is 1. The van der Waals surface area contributed by atoms with Gasteiger partial charge in [-0.05, 0) is 18.6 Å². The zero-order valence-corrected chi connectivity index (χ0v) is 13.6. The molecule has 20 heavy (non-hydrogen) atoms. The van der Waals surface area contributed by atoms with E-state index < -0.39 is 16.0 Å². The van der Waals surface area contributed by atoms with Gasteiger partial charge >= 0.3 is 5.97 Å². The Labute approximate surface area is 127 Å². The summed E-state index contributed by atoms with van der Waals surface area (Å²) in [4.78, 5) is 12.0. The topological polar surface area (TPSA) is 89.7 Å². The van der Waals surface area contributed by atoms with Crippen LogP contribution in [0.25, 0.3) is 0 Å². The third-order valence-corrected chi connectivity index (χ3v) is 6.20. The Morgan fingerprint density at radius 3 is 2.60 bits per heavy atom. The lowest BCUT2D eigenvalue weighted by atomic mass is 10.5. The summed E-state index contributed by atoms with van der Waals surface area (Å²) in [7, 11) is -2.53. The summed E-state index contributed by atoms with van der Waals surface area (Å²) in [6, 6.07) is 3.00. The number of hydrogen-bond acceptors (Lipinski definition) is 6. The molecule has 0 bridgehead atoms. The number of esters is 1. The molecule has 6 nitrogen and oxygen atoms in total. The van der Waals surface area contributed by atoms with Crippen LogP contribution in [0.15, 0.2) is 16.3 Å². The summed E-state index contributed by atoms with van der Waals surface area (Å²) in [5.74, 6) is -0.604. The van der Waals surface area contributed by atoms with Crippen molar-refractivity contribution in [1.29, 1.82) is 0 Å². The molecule has 0 aliphatic rings. The van der Waals surface area contributed by atoms with E-state index in [1.54, 1.807) is 6.07 Å². The van der Waals surface area contributed by atoms with E-state index >= 15 is 0 Å². The summed E-state index contributed by atoms with van der Waals surface area (Å²) >= 11 is 5.80. The molecular formula is C11H16N2O4S3. The Morgan fingerprint density at radius 1 is 1.50 bits per heavy atom. The third kappa shape index (κ3) is 3.98. The summed E-state index contributed by atoms with van der Waals surface area (Å²) in [6.45, 7) is 1.75. The molecule has 0 saturated heterocycles. The molecule has 0 spiro atoms. The standard InChI is InChI=1S/C11H16N2O4S3/c1-3-6-13(7-9(14)17-2)20(15,16)10-5-4-8(19-10)11(12)18/h4-5H,3,6-7H2,1-2H3,(H2,12,18). The number of rotatable bonds is 7. The zero-order valence-electron chi connectivity index (χ0n) is 11.2. The van der Waals surface area contributed by atoms with Crippen molar-refractivity contribution >= 4 is 44.5 Å². The van der Waals surface area contributed by atoms with E-state index in [1.807, 2.05) is 6.92 Å². The molecule has 0 saturated carbocycles. The van der Waals surface area contributed by atoms with Crippen LogP contribution < -0.4 is 5.73 Å². The van der Waals surface area contributed by atoms with E-state index in [4.69, 9.17) is 18.0 Å². The van der Waals surface area contributed by atoms with Gasteiger partial charge in [0.1, 0.15) is 15.7 Å². The van der Waals surface area contributed by atoms with Gasteiger partial charge in [-0.2, -0.15) is 4.31 Å². The van der Waals surface area contributed by atoms with Gasteiger partial charge in [0.25, 0.3) is 10.0 Å². The largest absolute Gasteiger partial charge is 0.468 e. The molecule has 0 aromatic carbocycles. The lowest BCUT2D eigenvalue weighted by Gasteiger charge is -2.19. The van der Waals surface area contributed by atoms with E-state index in [2.05, 4.69) is 4.74 Å². The van der Waals surface area contributed by atoms with E-state index in [0.717, 1.165) is 15.6 Å². The molecule has 112 valence electrons. The number of carbonyl (C=O) groups is 1. The first kappa shape index (κ1) is 17.0. The zero-order chi connectivity index (χ0) is 15.3. The van der Waals surface area contributed by atoms with Crippen LogP contribution in [-0.2, 0) is 19.6 Å². The Kier molecular flexibility index (Phi) is 6.06. The van der Waals surface area contributed by atoms with Crippen LogP contribution in [0.1, 0.15) is 18.2 Å². The molecule has 1 heterocycles. The lowest BCUT2D eigenvalue weighted by molar-refractivity contribution is -0.140. The number of hydrogen-bond donors (Lipinski definition) is 1. The summed E-state index contributed by atoms with van der Waals surface area (Å²) < 4.78 is 30.6. The number of nitrogens with zero attached hydrogens (tertiary/aromatic N) is 1. The fourth-order valence-electron chi connectivity index (χ4n) is 1.46. The maximum atomic E-state index is 12.5. The second-order valence-electron chi connectivity index (χ2n) is 3.90. The Bertz CT molecular complexity index is 595. The monoisotopic (exact) mass is 336 g/mol. The van der Waals surface area contributed by atoms with E-state index in [9.17, 15) is 13.2 Å². The van der Waals surface area contributed by atoms with Crippen molar-refractivity contribution in [2.45, 2.75) is 17.6 Å². The SMILES string of the molecule is CCCN(CC(=O)OC)S(=O)(=O)c1ccc(C(N)=S)s1. The highest BCUT2D eigenvalue weighted by atomic mass is 32.2. The van der Waals surface area contributed by atoms with Crippen LogP contribution in [-0.4, -0.2) is 43.9 Å². The van der Waals surface area contributed by atoms with E-state index in [0.29, 0.717) is 11.3 Å². The molecule has 1 aromatic rings. The lowest BCUT2D eigenvalue weighted by Crippen LogP contribution is -2.36. The minimum absolute atomic E-state index is 0.109. The molecule has 0 unspecified atom stereocenters. The Hall–Kier alpha value is -1.03. The van der Waals surface area contributed by atoms with Crippen molar-refractivity contribution in [1.82, 2.24) is 4.31 Å².